The van der Waals surface area contributed by atoms with Gasteiger partial charge in [0.2, 0.25) is 0 Å². The molecule has 4 aromatic carbocycles. The fraction of sp³-hybridized carbons (Fsp3) is 0.100. The number of hydrogen-bond acceptors (Lipinski definition) is 0. The van der Waals surface area contributed by atoms with Crippen LogP contribution in [0.4, 0.5) is 0 Å². The number of benzene rings is 2. The summed E-state index contributed by atoms with van der Waals surface area (Å²) in [7, 11) is 0. The van der Waals surface area contributed by atoms with Crippen LogP contribution >= 0.6 is 0 Å². The van der Waals surface area contributed by atoms with Gasteiger partial charge in [-0.15, -0.1) is 81.2 Å². The van der Waals surface area contributed by atoms with E-state index in [4.69, 9.17) is 0 Å². The molecule has 0 atom stereocenters. The van der Waals surface area contributed by atoms with Gasteiger partial charge in [-0.05, 0) is 6.42 Å². The van der Waals surface area contributed by atoms with E-state index in [1.165, 1.54) is 32.7 Å². The molecular weight excluding hydrogens is 402 g/mol. The molecular formula is C20H16Cl2Zr. The van der Waals surface area contributed by atoms with Gasteiger partial charge in [-0.2, -0.15) is 12.1 Å². The second-order valence-corrected chi connectivity index (χ2v) is 5.44. The first-order chi connectivity index (χ1) is 9.90. The zero-order valence-corrected chi connectivity index (χ0v) is 16.6. The van der Waals surface area contributed by atoms with Crippen molar-refractivity contribution in [2.75, 3.05) is 0 Å². The SMILES string of the molecule is [Cl-].[Cl-].[Zr+4].c1ccc2[cH-]c(CC[c-]3ccc4ccccc43)cc2c1. The molecule has 0 fully saturated rings. The van der Waals surface area contributed by atoms with Crippen LogP contribution < -0.4 is 24.8 Å². The molecule has 0 aliphatic carbocycles. The molecule has 0 aliphatic rings. The van der Waals surface area contributed by atoms with Crippen LogP contribution in [0.3, 0.4) is 0 Å². The van der Waals surface area contributed by atoms with Gasteiger partial charge in [-0.25, -0.2) is 0 Å². The normalized spacial score (nSPS) is 9.91. The van der Waals surface area contributed by atoms with Crippen LogP contribution in [0.5, 0.6) is 0 Å². The first-order valence-corrected chi connectivity index (χ1v) is 7.18. The van der Waals surface area contributed by atoms with Gasteiger partial charge in [0.05, 0.1) is 0 Å². The fourth-order valence-corrected chi connectivity index (χ4v) is 3.07. The van der Waals surface area contributed by atoms with E-state index < -0.39 is 0 Å². The molecule has 23 heavy (non-hydrogen) atoms. The summed E-state index contributed by atoms with van der Waals surface area (Å²) in [5, 5.41) is 5.48. The molecule has 0 N–H and O–H groups in total. The molecule has 4 rings (SSSR count). The Hall–Kier alpha value is -0.877. The first-order valence-electron chi connectivity index (χ1n) is 7.18. The standard InChI is InChI=1S/C20H16.2ClH.Zr/c1-2-7-19-14-15(13-18(19)6-1)9-10-17-12-11-16-5-3-4-8-20(16)17;;;/h1-8,11-14H,9-10H2;2*1H;/q-2;;;+4/p-2. The third-order valence-corrected chi connectivity index (χ3v) is 4.13. The van der Waals surface area contributed by atoms with Gasteiger partial charge in [0.25, 0.3) is 0 Å². The third-order valence-electron chi connectivity index (χ3n) is 4.13. The topological polar surface area (TPSA) is 0 Å². The minimum Gasteiger partial charge on any atom is -1.00 e. The van der Waals surface area contributed by atoms with E-state index in [9.17, 15) is 0 Å². The average molecular weight is 418 g/mol. The smallest absolute Gasteiger partial charge is 1.00 e. The van der Waals surface area contributed by atoms with Crippen molar-refractivity contribution in [2.24, 2.45) is 0 Å². The van der Waals surface area contributed by atoms with E-state index >= 15 is 0 Å². The monoisotopic (exact) mass is 416 g/mol. The molecule has 0 aliphatic heterocycles. The Kier molecular flexibility index (Phi) is 7.74. The summed E-state index contributed by atoms with van der Waals surface area (Å²) in [6, 6.07) is 26.4. The van der Waals surface area contributed by atoms with Crippen molar-refractivity contribution in [3.05, 3.63) is 83.9 Å². The van der Waals surface area contributed by atoms with Gasteiger partial charge < -0.3 is 24.8 Å². The van der Waals surface area contributed by atoms with Crippen molar-refractivity contribution in [3.63, 3.8) is 0 Å². The van der Waals surface area contributed by atoms with Crippen LogP contribution in [0.2, 0.25) is 0 Å². The molecule has 0 unspecified atom stereocenters. The number of aryl methyl sites for hydroxylation is 2. The maximum Gasteiger partial charge on any atom is 4.00 e. The molecule has 0 saturated heterocycles. The summed E-state index contributed by atoms with van der Waals surface area (Å²) in [6.45, 7) is 0. The minimum absolute atomic E-state index is 0. The maximum absolute atomic E-state index is 2.32. The van der Waals surface area contributed by atoms with Crippen molar-refractivity contribution < 1.29 is 51.0 Å². The predicted octanol–water partition coefficient (Wildman–Crippen LogP) is -0.778. The second-order valence-electron chi connectivity index (χ2n) is 5.44. The van der Waals surface area contributed by atoms with Crippen molar-refractivity contribution in [2.45, 2.75) is 12.8 Å². The summed E-state index contributed by atoms with van der Waals surface area (Å²) in [5.74, 6) is 0. The van der Waals surface area contributed by atoms with E-state index in [0.29, 0.717) is 0 Å². The third kappa shape index (κ3) is 4.15. The summed E-state index contributed by atoms with van der Waals surface area (Å²) < 4.78 is 0. The van der Waals surface area contributed by atoms with Crippen molar-refractivity contribution in [1.82, 2.24) is 0 Å². The van der Waals surface area contributed by atoms with Gasteiger partial charge in [0.15, 0.2) is 0 Å². The Balaban J connectivity index is 0.000000882. The maximum atomic E-state index is 2.32. The van der Waals surface area contributed by atoms with E-state index in [1.807, 2.05) is 0 Å². The Labute approximate surface area is 168 Å². The van der Waals surface area contributed by atoms with E-state index in [-0.39, 0.29) is 51.0 Å². The molecule has 0 aromatic heterocycles. The van der Waals surface area contributed by atoms with Crippen molar-refractivity contribution >= 4 is 21.5 Å². The number of rotatable bonds is 3. The van der Waals surface area contributed by atoms with Gasteiger partial charge in [0, 0.05) is 0 Å². The minimum atomic E-state index is 0. The van der Waals surface area contributed by atoms with Gasteiger partial charge in [-0.1, -0.05) is 18.6 Å². The molecule has 3 heteroatoms. The van der Waals surface area contributed by atoms with E-state index in [0.717, 1.165) is 12.8 Å². The molecule has 114 valence electrons. The number of halogens is 2. The summed E-state index contributed by atoms with van der Waals surface area (Å²) in [4.78, 5) is 0. The molecule has 0 nitrogen and oxygen atoms in total. The molecule has 0 spiro atoms. The molecule has 4 aromatic rings. The Bertz CT molecular complexity index is 840. The van der Waals surface area contributed by atoms with Crippen LogP contribution in [-0.2, 0) is 39.0 Å². The van der Waals surface area contributed by atoms with E-state index in [2.05, 4.69) is 72.8 Å². The predicted molar refractivity (Wildman–Crippen MR) is 86.5 cm³/mol. The van der Waals surface area contributed by atoms with Crippen LogP contribution in [0, 0.1) is 0 Å². The zero-order valence-electron chi connectivity index (χ0n) is 12.6. The number of fused-ring (bicyclic) bond motifs is 2. The van der Waals surface area contributed by atoms with Crippen LogP contribution in [0.15, 0.2) is 72.8 Å². The molecule has 0 heterocycles. The van der Waals surface area contributed by atoms with Gasteiger partial charge in [0.1, 0.15) is 0 Å². The van der Waals surface area contributed by atoms with Crippen molar-refractivity contribution in [1.29, 1.82) is 0 Å². The molecule has 0 radical (unpaired) electrons. The van der Waals surface area contributed by atoms with Gasteiger partial charge >= 0.3 is 26.2 Å². The second kappa shape index (κ2) is 8.83. The fourth-order valence-electron chi connectivity index (χ4n) is 3.07. The van der Waals surface area contributed by atoms with Crippen LogP contribution in [0.1, 0.15) is 11.1 Å². The molecule has 0 amide bonds. The van der Waals surface area contributed by atoms with E-state index in [1.54, 1.807) is 0 Å². The largest absolute Gasteiger partial charge is 4.00 e. The molecule has 0 bridgehead atoms. The number of hydrogen-bond donors (Lipinski definition) is 0. The summed E-state index contributed by atoms with van der Waals surface area (Å²) in [6.07, 6.45) is 2.23. The Morgan fingerprint density at radius 1 is 0.826 bits per heavy atom. The van der Waals surface area contributed by atoms with Crippen molar-refractivity contribution in [3.8, 4) is 0 Å². The summed E-state index contributed by atoms with van der Waals surface area (Å²) >= 11 is 0. The average Bonchev–Trinajstić information content (AvgIpc) is 3.08. The zero-order chi connectivity index (χ0) is 13.4. The van der Waals surface area contributed by atoms with Crippen LogP contribution in [-0.4, -0.2) is 0 Å². The van der Waals surface area contributed by atoms with Gasteiger partial charge in [-0.3, -0.25) is 0 Å². The summed E-state index contributed by atoms with van der Waals surface area (Å²) in [5.41, 5.74) is 2.90. The van der Waals surface area contributed by atoms with Crippen LogP contribution in [0.25, 0.3) is 21.5 Å². The molecule has 0 saturated carbocycles. The quantitative estimate of drug-likeness (QED) is 0.383. The first kappa shape index (κ1) is 20.2. The Morgan fingerprint density at radius 3 is 2.30 bits per heavy atom. The Morgan fingerprint density at radius 2 is 1.52 bits per heavy atom.